The molecule has 92 valence electrons. The second kappa shape index (κ2) is 10.9. The zero-order chi connectivity index (χ0) is 11.5. The number of methoxy groups -OCH3 is 2. The summed E-state index contributed by atoms with van der Waals surface area (Å²) in [5, 5.41) is 0. The fraction of sp³-hybridized carbons (Fsp3) is 1.00. The van der Waals surface area contributed by atoms with Crippen LogP contribution in [0, 0.1) is 0 Å². The minimum atomic E-state index is -0.954. The summed E-state index contributed by atoms with van der Waals surface area (Å²) in [6.07, 6.45) is 0. The van der Waals surface area contributed by atoms with E-state index in [1.54, 1.807) is 14.2 Å². The summed E-state index contributed by atoms with van der Waals surface area (Å²) in [4.78, 5) is 0. The van der Waals surface area contributed by atoms with Gasteiger partial charge in [-0.15, -0.1) is 0 Å². The molecule has 15 heavy (non-hydrogen) atoms. The lowest BCUT2D eigenvalue weighted by Gasteiger charge is -2.16. The standard InChI is InChI=1S/C8H16Cl2O5/c1-11-3-5-13-7(9)15-8(10)14-6-4-12-2/h7-8H,3-6H2,1-2H3. The fourth-order valence-electron chi connectivity index (χ4n) is 0.611. The van der Waals surface area contributed by atoms with Gasteiger partial charge < -0.3 is 18.9 Å². The maximum absolute atomic E-state index is 5.63. The normalized spacial score (nSPS) is 15.2. The van der Waals surface area contributed by atoms with Crippen LogP contribution in [0.2, 0.25) is 0 Å². The molecule has 7 heteroatoms. The van der Waals surface area contributed by atoms with Crippen molar-refractivity contribution in [1.29, 1.82) is 0 Å². The van der Waals surface area contributed by atoms with Crippen molar-refractivity contribution in [2.45, 2.75) is 11.5 Å². The van der Waals surface area contributed by atoms with Crippen molar-refractivity contribution in [2.24, 2.45) is 0 Å². The van der Waals surface area contributed by atoms with E-state index in [0.29, 0.717) is 26.4 Å². The molecule has 5 nitrogen and oxygen atoms in total. The smallest absolute Gasteiger partial charge is 0.240 e. The molecule has 0 heterocycles. The van der Waals surface area contributed by atoms with Crippen LogP contribution in [0.5, 0.6) is 0 Å². The van der Waals surface area contributed by atoms with Crippen molar-refractivity contribution in [3.8, 4) is 0 Å². The first-order valence-corrected chi connectivity index (χ1v) is 5.22. The largest absolute Gasteiger partial charge is 0.382 e. The Bertz CT molecular complexity index is 124. The van der Waals surface area contributed by atoms with Crippen LogP contribution in [0.25, 0.3) is 0 Å². The summed E-state index contributed by atoms with van der Waals surface area (Å²) < 4.78 is 24.4. The molecule has 0 aliphatic carbocycles. The molecule has 0 bridgehead atoms. The SMILES string of the molecule is COCCOC(Cl)OC(Cl)OCCOC. The Kier molecular flexibility index (Phi) is 11.2. The van der Waals surface area contributed by atoms with Gasteiger partial charge in [0, 0.05) is 14.2 Å². The average Bonchev–Trinajstić information content (AvgIpc) is 2.18. The van der Waals surface area contributed by atoms with Crippen LogP contribution >= 0.6 is 23.2 Å². The van der Waals surface area contributed by atoms with Crippen LogP contribution in [0.4, 0.5) is 0 Å². The number of alkyl halides is 2. The highest BCUT2D eigenvalue weighted by molar-refractivity contribution is 6.20. The van der Waals surface area contributed by atoms with Gasteiger partial charge in [0.1, 0.15) is 0 Å². The minimum absolute atomic E-state index is 0.326. The number of hydrogen-bond acceptors (Lipinski definition) is 5. The van der Waals surface area contributed by atoms with E-state index in [1.165, 1.54) is 0 Å². The average molecular weight is 263 g/mol. The molecule has 0 fully saturated rings. The highest BCUT2D eigenvalue weighted by Crippen LogP contribution is 2.09. The van der Waals surface area contributed by atoms with Gasteiger partial charge in [0.25, 0.3) is 0 Å². The predicted molar refractivity (Wildman–Crippen MR) is 56.0 cm³/mol. The minimum Gasteiger partial charge on any atom is -0.382 e. The molecular formula is C8H16Cl2O5. The van der Waals surface area contributed by atoms with Crippen LogP contribution < -0.4 is 0 Å². The Morgan fingerprint density at radius 3 is 1.53 bits per heavy atom. The Labute approximate surface area is 99.5 Å². The van der Waals surface area contributed by atoms with E-state index < -0.39 is 11.5 Å². The van der Waals surface area contributed by atoms with E-state index in [0.717, 1.165) is 0 Å². The summed E-state index contributed by atoms with van der Waals surface area (Å²) in [7, 11) is 3.12. The lowest BCUT2D eigenvalue weighted by molar-refractivity contribution is -0.183. The monoisotopic (exact) mass is 262 g/mol. The van der Waals surface area contributed by atoms with Gasteiger partial charge in [0.05, 0.1) is 26.4 Å². The molecule has 0 aromatic carbocycles. The van der Waals surface area contributed by atoms with Gasteiger partial charge in [-0.25, -0.2) is 0 Å². The van der Waals surface area contributed by atoms with Crippen molar-refractivity contribution in [2.75, 3.05) is 40.6 Å². The second-order valence-corrected chi connectivity index (χ2v) is 3.12. The van der Waals surface area contributed by atoms with E-state index >= 15 is 0 Å². The third-order valence-electron chi connectivity index (χ3n) is 1.29. The van der Waals surface area contributed by atoms with Gasteiger partial charge in [-0.05, 0) is 0 Å². The Balaban J connectivity index is 3.35. The van der Waals surface area contributed by atoms with Gasteiger partial charge in [-0.3, -0.25) is 4.74 Å². The molecule has 0 aromatic rings. The van der Waals surface area contributed by atoms with Crippen LogP contribution in [0.1, 0.15) is 0 Å². The molecule has 0 saturated carbocycles. The van der Waals surface area contributed by atoms with Crippen LogP contribution in [-0.2, 0) is 23.7 Å². The van der Waals surface area contributed by atoms with Crippen molar-refractivity contribution in [3.63, 3.8) is 0 Å². The molecule has 0 N–H and O–H groups in total. The fourth-order valence-corrected chi connectivity index (χ4v) is 1.03. The summed E-state index contributed by atoms with van der Waals surface area (Å²) in [6.45, 7) is 1.52. The van der Waals surface area contributed by atoms with E-state index in [1.807, 2.05) is 0 Å². The molecule has 0 saturated heterocycles. The van der Waals surface area contributed by atoms with E-state index in [9.17, 15) is 0 Å². The molecule has 0 aliphatic rings. The highest BCUT2D eigenvalue weighted by Gasteiger charge is 2.12. The molecule has 0 radical (unpaired) electrons. The molecule has 0 aromatic heterocycles. The lowest BCUT2D eigenvalue weighted by atomic mass is 10.8. The molecule has 2 atom stereocenters. The molecule has 0 spiro atoms. The molecule has 0 rings (SSSR count). The van der Waals surface area contributed by atoms with Crippen molar-refractivity contribution >= 4 is 23.2 Å². The molecule has 0 aliphatic heterocycles. The van der Waals surface area contributed by atoms with Gasteiger partial charge in [-0.2, -0.15) is 0 Å². The third-order valence-corrected chi connectivity index (χ3v) is 1.74. The van der Waals surface area contributed by atoms with Crippen molar-refractivity contribution in [3.05, 3.63) is 0 Å². The predicted octanol–water partition coefficient (Wildman–Crippen LogP) is 1.37. The van der Waals surface area contributed by atoms with E-state index in [2.05, 4.69) is 0 Å². The van der Waals surface area contributed by atoms with Crippen molar-refractivity contribution in [1.82, 2.24) is 0 Å². The maximum atomic E-state index is 5.63. The second-order valence-electron chi connectivity index (χ2n) is 2.41. The lowest BCUT2D eigenvalue weighted by Crippen LogP contribution is -2.21. The topological polar surface area (TPSA) is 46.2 Å². The maximum Gasteiger partial charge on any atom is 0.240 e. The number of halogens is 2. The highest BCUT2D eigenvalue weighted by atomic mass is 35.5. The number of rotatable bonds is 10. The summed E-state index contributed by atoms with van der Waals surface area (Å²) in [5.41, 5.74) is 0. The summed E-state index contributed by atoms with van der Waals surface area (Å²) in [5.74, 6) is -1.91. The number of ether oxygens (including phenoxy) is 5. The molecule has 2 unspecified atom stereocenters. The van der Waals surface area contributed by atoms with E-state index in [-0.39, 0.29) is 0 Å². The van der Waals surface area contributed by atoms with Crippen LogP contribution in [0.15, 0.2) is 0 Å². The first kappa shape index (κ1) is 15.4. The zero-order valence-electron chi connectivity index (χ0n) is 8.78. The quantitative estimate of drug-likeness (QED) is 0.338. The van der Waals surface area contributed by atoms with E-state index in [4.69, 9.17) is 46.9 Å². The molecular weight excluding hydrogens is 247 g/mol. The first-order chi connectivity index (χ1) is 7.20. The Morgan fingerprint density at radius 1 is 0.800 bits per heavy atom. The van der Waals surface area contributed by atoms with Crippen LogP contribution in [0.3, 0.4) is 0 Å². The van der Waals surface area contributed by atoms with Gasteiger partial charge in [0.2, 0.25) is 11.5 Å². The van der Waals surface area contributed by atoms with Gasteiger partial charge in [-0.1, -0.05) is 23.2 Å². The van der Waals surface area contributed by atoms with Gasteiger partial charge in [0.15, 0.2) is 0 Å². The summed E-state index contributed by atoms with van der Waals surface area (Å²) >= 11 is 11.3. The first-order valence-electron chi connectivity index (χ1n) is 4.35. The van der Waals surface area contributed by atoms with Gasteiger partial charge >= 0.3 is 0 Å². The van der Waals surface area contributed by atoms with Crippen molar-refractivity contribution < 1.29 is 23.7 Å². The third kappa shape index (κ3) is 10.7. The summed E-state index contributed by atoms with van der Waals surface area (Å²) in [6, 6.07) is 0. The van der Waals surface area contributed by atoms with Crippen LogP contribution in [-0.4, -0.2) is 52.1 Å². The molecule has 0 amide bonds. The zero-order valence-corrected chi connectivity index (χ0v) is 10.3. The Hall–Kier alpha value is 0.380. The Morgan fingerprint density at radius 2 is 1.20 bits per heavy atom. The number of hydrogen-bond donors (Lipinski definition) is 0.